The van der Waals surface area contributed by atoms with Crippen molar-refractivity contribution in [3.05, 3.63) is 29.6 Å². The summed E-state index contributed by atoms with van der Waals surface area (Å²) in [6, 6.07) is 5.21. The third-order valence-corrected chi connectivity index (χ3v) is 3.84. The Morgan fingerprint density at radius 2 is 1.95 bits per heavy atom. The molecule has 2 heterocycles. The molecule has 6 heteroatoms. The van der Waals surface area contributed by atoms with Gasteiger partial charge in [-0.25, -0.2) is 4.98 Å². The Hall–Kier alpha value is -1.29. The number of aromatic nitrogens is 1. The Morgan fingerprint density at radius 3 is 2.45 bits per heavy atom. The maximum Gasteiger partial charge on any atom is 0.271 e. The van der Waals surface area contributed by atoms with E-state index >= 15 is 0 Å². The first-order valence-corrected chi connectivity index (χ1v) is 7.88. The maximum atomic E-state index is 11.9. The third-order valence-electron chi connectivity index (χ3n) is 3.84. The van der Waals surface area contributed by atoms with Crippen LogP contribution in [0, 0.1) is 5.92 Å². The van der Waals surface area contributed by atoms with E-state index in [0.29, 0.717) is 17.3 Å². The maximum absolute atomic E-state index is 11.9. The largest absolute Gasteiger partial charge is 0.343 e. The zero-order valence-electron chi connectivity index (χ0n) is 14.3. The molecule has 1 aliphatic rings. The summed E-state index contributed by atoms with van der Waals surface area (Å²) in [6.45, 7) is 7.90. The highest BCUT2D eigenvalue weighted by Gasteiger charge is 2.37. The minimum absolute atomic E-state index is 0.155. The first-order valence-electron chi connectivity index (χ1n) is 7.88. The summed E-state index contributed by atoms with van der Waals surface area (Å²) >= 11 is 0. The van der Waals surface area contributed by atoms with Crippen molar-refractivity contribution >= 4 is 21.6 Å². The van der Waals surface area contributed by atoms with Gasteiger partial charge in [0.25, 0.3) is 5.91 Å². The number of hydrogen-bond acceptors (Lipinski definition) is 3. The molecule has 4 radical (unpaired) electrons. The Morgan fingerprint density at radius 1 is 1.36 bits per heavy atom. The van der Waals surface area contributed by atoms with Crippen LogP contribution in [-0.4, -0.2) is 63.6 Å². The van der Waals surface area contributed by atoms with E-state index in [9.17, 15) is 4.79 Å². The standard InChI is InChI=1S/C14H19B2N3O.C2H6/c1-4-10-8-19(9-10)14(15,16)12-7-5-6-11(17-12)13(20)18(2)3;1-2/h5-7,10H,4,8-9H2,1-3H3;1-2H3. The molecular formula is C16H25B2N3O. The molecule has 0 saturated carbocycles. The lowest BCUT2D eigenvalue weighted by Crippen LogP contribution is -2.59. The number of nitrogens with zero attached hydrogens (tertiary/aromatic N) is 3. The first kappa shape index (κ1) is 18.8. The van der Waals surface area contributed by atoms with Crippen LogP contribution in [0.1, 0.15) is 43.4 Å². The Balaban J connectivity index is 0.00000116. The van der Waals surface area contributed by atoms with Crippen LogP contribution in [-0.2, 0) is 5.34 Å². The van der Waals surface area contributed by atoms with Gasteiger partial charge in [0.1, 0.15) is 5.69 Å². The summed E-state index contributed by atoms with van der Waals surface area (Å²) in [7, 11) is 15.8. The van der Waals surface area contributed by atoms with Crippen molar-refractivity contribution in [3.8, 4) is 0 Å². The molecule has 1 fully saturated rings. The lowest BCUT2D eigenvalue weighted by molar-refractivity contribution is 0.0617. The average Bonchev–Trinajstić information content (AvgIpc) is 2.47. The lowest BCUT2D eigenvalue weighted by atomic mass is 9.57. The van der Waals surface area contributed by atoms with E-state index < -0.39 is 5.34 Å². The number of amides is 1. The van der Waals surface area contributed by atoms with E-state index in [2.05, 4.69) is 11.9 Å². The molecule has 0 N–H and O–H groups in total. The second-order valence-electron chi connectivity index (χ2n) is 5.61. The van der Waals surface area contributed by atoms with Gasteiger partial charge in [-0.1, -0.05) is 33.3 Å². The number of hydrogen-bond donors (Lipinski definition) is 0. The summed E-state index contributed by atoms with van der Waals surface area (Å²) < 4.78 is 0. The molecule has 1 aliphatic heterocycles. The van der Waals surface area contributed by atoms with E-state index in [-0.39, 0.29) is 5.91 Å². The van der Waals surface area contributed by atoms with Gasteiger partial charge in [0.15, 0.2) is 0 Å². The second-order valence-corrected chi connectivity index (χ2v) is 5.61. The summed E-state index contributed by atoms with van der Waals surface area (Å²) in [5.41, 5.74) is 0.889. The van der Waals surface area contributed by atoms with Crippen molar-refractivity contribution in [2.75, 3.05) is 27.2 Å². The van der Waals surface area contributed by atoms with Gasteiger partial charge in [-0.05, 0) is 23.4 Å². The molecule has 1 aromatic rings. The van der Waals surface area contributed by atoms with Gasteiger partial charge >= 0.3 is 0 Å². The molecule has 0 aliphatic carbocycles. The van der Waals surface area contributed by atoms with Crippen molar-refractivity contribution in [2.24, 2.45) is 5.92 Å². The fraction of sp³-hybridized carbons (Fsp3) is 0.625. The van der Waals surface area contributed by atoms with E-state index in [1.54, 1.807) is 32.3 Å². The molecule has 0 atom stereocenters. The number of rotatable bonds is 4. The minimum Gasteiger partial charge on any atom is -0.343 e. The summed E-state index contributed by atoms with van der Waals surface area (Å²) in [6.07, 6.45) is 1.12. The topological polar surface area (TPSA) is 36.4 Å². The second kappa shape index (κ2) is 7.82. The van der Waals surface area contributed by atoms with Gasteiger partial charge in [0.2, 0.25) is 0 Å². The molecule has 2 rings (SSSR count). The zero-order valence-corrected chi connectivity index (χ0v) is 14.3. The van der Waals surface area contributed by atoms with Crippen LogP contribution in [0.4, 0.5) is 0 Å². The van der Waals surface area contributed by atoms with E-state index in [1.807, 2.05) is 18.7 Å². The predicted octanol–water partition coefficient (Wildman–Crippen LogP) is 1.60. The van der Waals surface area contributed by atoms with Gasteiger partial charge in [-0.3, -0.25) is 4.79 Å². The minimum atomic E-state index is -1.12. The van der Waals surface area contributed by atoms with Crippen molar-refractivity contribution in [1.82, 2.24) is 14.8 Å². The molecule has 22 heavy (non-hydrogen) atoms. The van der Waals surface area contributed by atoms with Crippen LogP contribution in [0.25, 0.3) is 0 Å². The third kappa shape index (κ3) is 3.92. The highest BCUT2D eigenvalue weighted by Crippen LogP contribution is 2.30. The smallest absolute Gasteiger partial charge is 0.271 e. The van der Waals surface area contributed by atoms with Crippen molar-refractivity contribution < 1.29 is 4.79 Å². The number of carbonyl (C=O) groups excluding carboxylic acids is 1. The van der Waals surface area contributed by atoms with Gasteiger partial charge in [0.05, 0.1) is 15.7 Å². The van der Waals surface area contributed by atoms with E-state index in [4.69, 9.17) is 15.7 Å². The molecule has 116 valence electrons. The van der Waals surface area contributed by atoms with Crippen LogP contribution in [0.3, 0.4) is 0 Å². The Kier molecular flexibility index (Phi) is 6.66. The molecule has 0 bridgehead atoms. The van der Waals surface area contributed by atoms with Gasteiger partial charge in [-0.15, -0.1) is 0 Å². The van der Waals surface area contributed by atoms with Crippen molar-refractivity contribution in [1.29, 1.82) is 0 Å². The van der Waals surface area contributed by atoms with Crippen molar-refractivity contribution in [2.45, 2.75) is 32.5 Å². The molecule has 1 aromatic heterocycles. The molecule has 1 amide bonds. The van der Waals surface area contributed by atoms with Crippen LogP contribution in [0.2, 0.25) is 0 Å². The number of pyridine rings is 1. The fourth-order valence-corrected chi connectivity index (χ4v) is 2.30. The lowest BCUT2D eigenvalue weighted by Gasteiger charge is -2.50. The Bertz CT molecular complexity index is 500. The predicted molar refractivity (Wildman–Crippen MR) is 92.1 cm³/mol. The van der Waals surface area contributed by atoms with Gasteiger partial charge in [-0.2, -0.15) is 0 Å². The summed E-state index contributed by atoms with van der Waals surface area (Å²) in [5, 5.41) is -1.12. The van der Waals surface area contributed by atoms with Gasteiger partial charge in [0, 0.05) is 32.9 Å². The SMILES string of the molecule is CC.[B]C([B])(c1cccc(C(=O)N(C)C)n1)N1CC(CC)C1. The van der Waals surface area contributed by atoms with Crippen LogP contribution in [0.5, 0.6) is 0 Å². The zero-order chi connectivity index (χ0) is 16.9. The first-order chi connectivity index (χ1) is 10.4. The van der Waals surface area contributed by atoms with Gasteiger partial charge < -0.3 is 9.80 Å². The monoisotopic (exact) mass is 297 g/mol. The average molecular weight is 297 g/mol. The molecule has 0 aromatic carbocycles. The van der Waals surface area contributed by atoms with E-state index in [0.717, 1.165) is 19.5 Å². The molecule has 0 spiro atoms. The summed E-state index contributed by atoms with van der Waals surface area (Å²) in [5.74, 6) is 0.491. The molecule has 1 saturated heterocycles. The molecule has 0 unspecified atom stereocenters. The number of carbonyl (C=O) groups is 1. The fourth-order valence-electron chi connectivity index (χ4n) is 2.30. The summed E-state index contributed by atoms with van der Waals surface area (Å²) in [4.78, 5) is 19.8. The quantitative estimate of drug-likeness (QED) is 0.792. The highest BCUT2D eigenvalue weighted by molar-refractivity contribution is 6.39. The van der Waals surface area contributed by atoms with Crippen LogP contribution in [0.15, 0.2) is 18.2 Å². The molecule has 4 nitrogen and oxygen atoms in total. The Labute approximate surface area is 137 Å². The van der Waals surface area contributed by atoms with Crippen LogP contribution < -0.4 is 0 Å². The van der Waals surface area contributed by atoms with E-state index in [1.165, 1.54) is 4.90 Å². The van der Waals surface area contributed by atoms with Crippen LogP contribution >= 0.6 is 0 Å². The molecular weight excluding hydrogens is 272 g/mol. The van der Waals surface area contributed by atoms with Crippen molar-refractivity contribution in [3.63, 3.8) is 0 Å². The number of likely N-dealkylation sites (tertiary alicyclic amines) is 1. The highest BCUT2D eigenvalue weighted by atomic mass is 16.2. The normalized spacial score (nSPS) is 15.5.